The summed E-state index contributed by atoms with van der Waals surface area (Å²) in [5.41, 5.74) is 10.8. The number of nitrogens with two attached hydrogens (primary N) is 1. The molecule has 1 aliphatic rings. The fraction of sp³-hybridized carbons (Fsp3) is 0.182. The Labute approximate surface area is 168 Å². The Hall–Kier alpha value is -2.73. The molecule has 3 N–H and O–H groups in total. The van der Waals surface area contributed by atoms with Crippen LogP contribution in [0.5, 0.6) is 0 Å². The van der Waals surface area contributed by atoms with E-state index in [1.54, 1.807) is 0 Å². The molecule has 0 unspecified atom stereocenters. The van der Waals surface area contributed by atoms with Gasteiger partial charge in [-0.2, -0.15) is 0 Å². The van der Waals surface area contributed by atoms with Crippen molar-refractivity contribution in [1.29, 1.82) is 0 Å². The van der Waals surface area contributed by atoms with Gasteiger partial charge in [-0.3, -0.25) is 4.79 Å². The Morgan fingerprint density at radius 1 is 1.07 bits per heavy atom. The first-order valence-electron chi connectivity index (χ1n) is 9.22. The highest BCUT2D eigenvalue weighted by atomic mass is 35.5. The molecule has 0 atom stereocenters. The normalized spacial score (nSPS) is 12.0. The minimum Gasteiger partial charge on any atom is -0.329 e. The Morgan fingerprint density at radius 3 is 2.64 bits per heavy atom. The molecule has 3 heterocycles. The summed E-state index contributed by atoms with van der Waals surface area (Å²) < 4.78 is 1.85. The van der Waals surface area contributed by atoms with Gasteiger partial charge < -0.3 is 15.6 Å². The molecule has 0 aliphatic carbocycles. The van der Waals surface area contributed by atoms with Crippen LogP contribution in [0.25, 0.3) is 33.1 Å². The summed E-state index contributed by atoms with van der Waals surface area (Å²) in [7, 11) is 0. The van der Waals surface area contributed by atoms with Crippen LogP contribution in [0, 0.1) is 0 Å². The van der Waals surface area contributed by atoms with Gasteiger partial charge in [0, 0.05) is 36.0 Å². The number of halogens is 1. The van der Waals surface area contributed by atoms with Crippen molar-refractivity contribution < 1.29 is 0 Å². The minimum atomic E-state index is 0. The molecule has 5 nitrogen and oxygen atoms in total. The van der Waals surface area contributed by atoms with Gasteiger partial charge in [0.25, 0.3) is 5.56 Å². The molecule has 6 heteroatoms. The van der Waals surface area contributed by atoms with E-state index in [-0.39, 0.29) is 18.0 Å². The summed E-state index contributed by atoms with van der Waals surface area (Å²) in [6.07, 6.45) is 0. The lowest BCUT2D eigenvalue weighted by atomic mass is 10.0. The third-order valence-electron chi connectivity index (χ3n) is 5.31. The molecule has 142 valence electrons. The van der Waals surface area contributed by atoms with Gasteiger partial charge in [-0.1, -0.05) is 36.4 Å². The number of pyridine rings is 2. The van der Waals surface area contributed by atoms with Crippen molar-refractivity contribution in [2.45, 2.75) is 13.1 Å². The van der Waals surface area contributed by atoms with Gasteiger partial charge in [0.2, 0.25) is 0 Å². The standard InChI is InChI=1S/C22H20N4O.ClH/c23-9-10-24-12-17-16-7-3-4-8-19(16)25-21-18(17)13-26-20(21)11-14-5-1-2-6-15(14)22(26)27;/h1-8,11,24H,9-10,12-13,23H2;1H. The van der Waals surface area contributed by atoms with E-state index in [2.05, 4.69) is 17.4 Å². The number of nitrogens with one attached hydrogen (secondary N) is 1. The van der Waals surface area contributed by atoms with Gasteiger partial charge in [0.15, 0.2) is 0 Å². The van der Waals surface area contributed by atoms with Gasteiger partial charge >= 0.3 is 0 Å². The molecule has 2 aromatic heterocycles. The van der Waals surface area contributed by atoms with Crippen molar-refractivity contribution in [3.05, 3.63) is 76.1 Å². The number of fused-ring (bicyclic) bond motifs is 5. The van der Waals surface area contributed by atoms with Crippen LogP contribution in [-0.4, -0.2) is 22.6 Å². The van der Waals surface area contributed by atoms with Crippen molar-refractivity contribution in [3.63, 3.8) is 0 Å². The van der Waals surface area contributed by atoms with Gasteiger partial charge in [-0.15, -0.1) is 12.4 Å². The van der Waals surface area contributed by atoms with Crippen LogP contribution in [-0.2, 0) is 13.1 Å². The molecular weight excluding hydrogens is 372 g/mol. The van der Waals surface area contributed by atoms with Crippen molar-refractivity contribution in [2.24, 2.45) is 5.73 Å². The summed E-state index contributed by atoms with van der Waals surface area (Å²) in [5, 5.41) is 6.25. The Bertz CT molecular complexity index is 1250. The lowest BCUT2D eigenvalue weighted by Gasteiger charge is -2.12. The largest absolute Gasteiger partial charge is 0.329 e. The zero-order valence-electron chi connectivity index (χ0n) is 15.3. The van der Waals surface area contributed by atoms with Crippen LogP contribution in [0.1, 0.15) is 11.1 Å². The van der Waals surface area contributed by atoms with E-state index in [4.69, 9.17) is 10.7 Å². The van der Waals surface area contributed by atoms with E-state index in [1.165, 1.54) is 5.56 Å². The monoisotopic (exact) mass is 392 g/mol. The summed E-state index contributed by atoms with van der Waals surface area (Å²) >= 11 is 0. The van der Waals surface area contributed by atoms with Crippen LogP contribution in [0.15, 0.2) is 59.4 Å². The zero-order valence-corrected chi connectivity index (χ0v) is 16.1. The van der Waals surface area contributed by atoms with Crippen LogP contribution in [0.4, 0.5) is 0 Å². The highest BCUT2D eigenvalue weighted by Crippen LogP contribution is 2.36. The van der Waals surface area contributed by atoms with Crippen molar-refractivity contribution >= 4 is 34.1 Å². The number of rotatable bonds is 4. The molecule has 0 radical (unpaired) electrons. The molecule has 0 spiro atoms. The van der Waals surface area contributed by atoms with E-state index < -0.39 is 0 Å². The molecule has 0 saturated heterocycles. The van der Waals surface area contributed by atoms with Gasteiger partial charge in [-0.25, -0.2) is 4.98 Å². The molecule has 28 heavy (non-hydrogen) atoms. The summed E-state index contributed by atoms with van der Waals surface area (Å²) in [4.78, 5) is 18.0. The second-order valence-corrected chi connectivity index (χ2v) is 6.91. The molecule has 1 aliphatic heterocycles. The lowest BCUT2D eigenvalue weighted by Crippen LogP contribution is -2.23. The van der Waals surface area contributed by atoms with E-state index in [9.17, 15) is 4.79 Å². The molecule has 5 rings (SSSR count). The van der Waals surface area contributed by atoms with Crippen LogP contribution >= 0.6 is 12.4 Å². The Kier molecular flexibility index (Phi) is 4.89. The highest BCUT2D eigenvalue weighted by molar-refractivity contribution is 5.91. The van der Waals surface area contributed by atoms with Crippen molar-refractivity contribution in [2.75, 3.05) is 13.1 Å². The molecular formula is C22H21ClN4O. The summed E-state index contributed by atoms with van der Waals surface area (Å²) in [6.45, 7) is 2.62. The van der Waals surface area contributed by atoms with E-state index in [0.29, 0.717) is 19.6 Å². The number of nitrogens with zero attached hydrogens (tertiary/aromatic N) is 2. The third-order valence-corrected chi connectivity index (χ3v) is 5.31. The Balaban J connectivity index is 0.00000192. The number of hydrogen-bond donors (Lipinski definition) is 2. The predicted molar refractivity (Wildman–Crippen MR) is 116 cm³/mol. The molecule has 0 saturated carbocycles. The zero-order chi connectivity index (χ0) is 18.4. The quantitative estimate of drug-likeness (QED) is 0.461. The maximum Gasteiger partial charge on any atom is 0.259 e. The Morgan fingerprint density at radius 2 is 1.82 bits per heavy atom. The molecule has 4 aromatic rings. The number of para-hydroxylation sites is 1. The average Bonchev–Trinajstić information content (AvgIpc) is 3.06. The second kappa shape index (κ2) is 7.36. The van der Waals surface area contributed by atoms with Crippen LogP contribution in [0.3, 0.4) is 0 Å². The van der Waals surface area contributed by atoms with Gasteiger partial charge in [-0.05, 0) is 29.1 Å². The highest BCUT2D eigenvalue weighted by Gasteiger charge is 2.26. The third kappa shape index (κ3) is 2.79. The SMILES string of the molecule is Cl.NCCNCc1c2c(nc3ccccc13)-c1cc3ccccc3c(=O)n1C2. The average molecular weight is 393 g/mol. The summed E-state index contributed by atoms with van der Waals surface area (Å²) in [5.74, 6) is 0. The van der Waals surface area contributed by atoms with Crippen molar-refractivity contribution in [1.82, 2.24) is 14.9 Å². The summed E-state index contributed by atoms with van der Waals surface area (Å²) in [6, 6.07) is 18.0. The first-order chi connectivity index (χ1) is 13.3. The van der Waals surface area contributed by atoms with Crippen molar-refractivity contribution in [3.8, 4) is 11.4 Å². The van der Waals surface area contributed by atoms with E-state index in [1.807, 2.05) is 47.0 Å². The molecule has 0 amide bonds. The van der Waals surface area contributed by atoms with E-state index >= 15 is 0 Å². The fourth-order valence-electron chi connectivity index (χ4n) is 4.03. The van der Waals surface area contributed by atoms with E-state index in [0.717, 1.165) is 45.2 Å². The number of benzene rings is 2. The maximum absolute atomic E-state index is 13.1. The second-order valence-electron chi connectivity index (χ2n) is 6.91. The first-order valence-corrected chi connectivity index (χ1v) is 9.22. The number of hydrogen-bond acceptors (Lipinski definition) is 4. The van der Waals surface area contributed by atoms with Crippen LogP contribution < -0.4 is 16.6 Å². The first kappa shape index (κ1) is 18.6. The maximum atomic E-state index is 13.1. The fourth-order valence-corrected chi connectivity index (χ4v) is 4.03. The number of aromatic nitrogens is 2. The van der Waals surface area contributed by atoms with Crippen LogP contribution in [0.2, 0.25) is 0 Å². The smallest absolute Gasteiger partial charge is 0.259 e. The molecule has 0 bridgehead atoms. The van der Waals surface area contributed by atoms with Gasteiger partial charge in [0.05, 0.1) is 23.4 Å². The topological polar surface area (TPSA) is 72.9 Å². The van der Waals surface area contributed by atoms with Gasteiger partial charge in [0.1, 0.15) is 0 Å². The lowest BCUT2D eigenvalue weighted by molar-refractivity contribution is 0.689. The minimum absolute atomic E-state index is 0. The molecule has 0 fully saturated rings. The molecule has 2 aromatic carbocycles. The predicted octanol–water partition coefficient (Wildman–Crippen LogP) is 3.05.